The number of hydrogen-bond acceptors (Lipinski definition) is 2. The summed E-state index contributed by atoms with van der Waals surface area (Å²) in [5.41, 5.74) is 2.63. The van der Waals surface area contributed by atoms with Gasteiger partial charge in [0.2, 0.25) is 0 Å². The lowest BCUT2D eigenvalue weighted by molar-refractivity contribution is 0.0571. The van der Waals surface area contributed by atoms with E-state index in [0.29, 0.717) is 17.8 Å². The van der Waals surface area contributed by atoms with E-state index < -0.39 is 0 Å². The molecular weight excluding hydrogens is 260 g/mol. The highest BCUT2D eigenvalue weighted by Crippen LogP contribution is 2.39. The Kier molecular flexibility index (Phi) is 3.78. The summed E-state index contributed by atoms with van der Waals surface area (Å²) in [6.07, 6.45) is 5.12. The van der Waals surface area contributed by atoms with Gasteiger partial charge in [0.25, 0.3) is 0 Å². The number of aryl methyl sites for hydroxylation is 1. The maximum absolute atomic E-state index is 10.6. The summed E-state index contributed by atoms with van der Waals surface area (Å²) in [7, 11) is 1.97. The predicted octanol–water partition coefficient (Wildman–Crippen LogP) is 3.69. The molecular formula is C18H26N2O. The quantitative estimate of drug-likeness (QED) is 0.934. The lowest BCUT2D eigenvalue weighted by Gasteiger charge is -2.36. The topological polar surface area (TPSA) is 38.0 Å². The molecule has 1 heterocycles. The van der Waals surface area contributed by atoms with E-state index in [1.54, 1.807) is 0 Å². The van der Waals surface area contributed by atoms with Gasteiger partial charge in [0.15, 0.2) is 0 Å². The zero-order valence-electron chi connectivity index (χ0n) is 13.3. The second-order valence-electron chi connectivity index (χ2n) is 7.36. The first-order valence-electron chi connectivity index (χ1n) is 8.05. The van der Waals surface area contributed by atoms with Gasteiger partial charge in [-0.05, 0) is 43.1 Å². The van der Waals surface area contributed by atoms with Crippen LogP contribution in [0.2, 0.25) is 0 Å². The third-order valence-corrected chi connectivity index (χ3v) is 5.16. The van der Waals surface area contributed by atoms with E-state index in [9.17, 15) is 5.11 Å². The van der Waals surface area contributed by atoms with Crippen molar-refractivity contribution in [2.75, 3.05) is 0 Å². The molecule has 1 aromatic carbocycles. The molecule has 1 N–H and O–H groups in total. The second-order valence-corrected chi connectivity index (χ2v) is 7.36. The fourth-order valence-electron chi connectivity index (χ4n) is 3.61. The normalized spacial score (nSPS) is 20.8. The molecule has 0 spiro atoms. The number of fused-ring (bicyclic) bond motifs is 1. The average molecular weight is 286 g/mol. The molecule has 0 saturated heterocycles. The van der Waals surface area contributed by atoms with Gasteiger partial charge in [-0.25, -0.2) is 0 Å². The Bertz CT molecular complexity index is 619. The van der Waals surface area contributed by atoms with Crippen LogP contribution >= 0.6 is 0 Å². The van der Waals surface area contributed by atoms with Crippen LogP contribution in [0.4, 0.5) is 0 Å². The number of rotatable bonds is 3. The minimum atomic E-state index is -0.264. The van der Waals surface area contributed by atoms with Crippen LogP contribution in [-0.2, 0) is 13.5 Å². The molecule has 3 rings (SSSR count). The van der Waals surface area contributed by atoms with Crippen molar-refractivity contribution >= 4 is 10.9 Å². The second kappa shape index (κ2) is 5.45. The van der Waals surface area contributed by atoms with Crippen LogP contribution in [0.15, 0.2) is 24.3 Å². The molecule has 2 aromatic rings. The van der Waals surface area contributed by atoms with Gasteiger partial charge in [0.05, 0.1) is 17.3 Å². The summed E-state index contributed by atoms with van der Waals surface area (Å²) in [6, 6.07) is 8.27. The molecule has 21 heavy (non-hydrogen) atoms. The van der Waals surface area contributed by atoms with Gasteiger partial charge in [-0.1, -0.05) is 32.0 Å². The smallest absolute Gasteiger partial charge is 0.0729 e. The fraction of sp³-hybridized carbons (Fsp3) is 0.611. The van der Waals surface area contributed by atoms with Gasteiger partial charge in [0.1, 0.15) is 0 Å². The summed E-state index contributed by atoms with van der Waals surface area (Å²) in [5, 5.41) is 16.4. The largest absolute Gasteiger partial charge is 0.392 e. The first kappa shape index (κ1) is 14.6. The summed E-state index contributed by atoms with van der Waals surface area (Å²) in [5.74, 6) is 0.429. The number of aromatic nitrogens is 2. The molecule has 1 saturated carbocycles. The van der Waals surface area contributed by atoms with Crippen molar-refractivity contribution in [2.24, 2.45) is 18.4 Å². The summed E-state index contributed by atoms with van der Waals surface area (Å²) >= 11 is 0. The Hall–Kier alpha value is -1.35. The monoisotopic (exact) mass is 286 g/mol. The van der Waals surface area contributed by atoms with Crippen LogP contribution in [0.3, 0.4) is 0 Å². The van der Waals surface area contributed by atoms with Crippen molar-refractivity contribution in [2.45, 2.75) is 52.1 Å². The minimum Gasteiger partial charge on any atom is -0.392 e. The summed E-state index contributed by atoms with van der Waals surface area (Å²) < 4.78 is 1.92. The van der Waals surface area contributed by atoms with E-state index >= 15 is 0 Å². The highest BCUT2D eigenvalue weighted by atomic mass is 16.3. The van der Waals surface area contributed by atoms with Gasteiger partial charge < -0.3 is 5.11 Å². The van der Waals surface area contributed by atoms with Crippen LogP contribution in [0.5, 0.6) is 0 Å². The molecule has 1 aliphatic carbocycles. The van der Waals surface area contributed by atoms with Gasteiger partial charge in [-0.2, -0.15) is 5.10 Å². The van der Waals surface area contributed by atoms with E-state index in [2.05, 4.69) is 31.1 Å². The average Bonchev–Trinajstić information content (AvgIpc) is 2.76. The molecule has 1 unspecified atom stereocenters. The Balaban J connectivity index is 1.73. The number of hydrogen-bond donors (Lipinski definition) is 1. The highest BCUT2D eigenvalue weighted by Gasteiger charge is 2.31. The lowest BCUT2D eigenvalue weighted by atomic mass is 9.71. The van der Waals surface area contributed by atoms with Gasteiger partial charge >= 0.3 is 0 Å². The van der Waals surface area contributed by atoms with Gasteiger partial charge in [-0.3, -0.25) is 4.68 Å². The predicted molar refractivity (Wildman–Crippen MR) is 86.2 cm³/mol. The van der Waals surface area contributed by atoms with Crippen LogP contribution in [0.25, 0.3) is 10.9 Å². The summed E-state index contributed by atoms with van der Waals surface area (Å²) in [4.78, 5) is 0. The van der Waals surface area contributed by atoms with Crippen LogP contribution in [0.1, 0.15) is 45.2 Å². The number of para-hydroxylation sites is 1. The van der Waals surface area contributed by atoms with Crippen molar-refractivity contribution in [3.05, 3.63) is 30.0 Å². The van der Waals surface area contributed by atoms with Crippen molar-refractivity contribution < 1.29 is 5.11 Å². The molecule has 0 amide bonds. The number of aliphatic hydroxyl groups is 1. The number of nitrogens with zero attached hydrogens (tertiary/aromatic N) is 2. The van der Waals surface area contributed by atoms with Gasteiger partial charge in [0, 0.05) is 18.9 Å². The van der Waals surface area contributed by atoms with Crippen LogP contribution < -0.4 is 0 Å². The van der Waals surface area contributed by atoms with E-state index in [0.717, 1.165) is 24.1 Å². The standard InChI is InChI=1S/C18H26N2O/c1-18(2)10-8-13(9-11-18)17(21)12-15-14-6-4-5-7-16(14)20(3)19-15/h4-7,13,17,21H,8-12H2,1-3H3. The Morgan fingerprint density at radius 3 is 2.67 bits per heavy atom. The first-order valence-corrected chi connectivity index (χ1v) is 8.05. The molecule has 0 radical (unpaired) electrons. The van der Waals surface area contributed by atoms with E-state index in [4.69, 9.17) is 0 Å². The highest BCUT2D eigenvalue weighted by molar-refractivity contribution is 5.81. The van der Waals surface area contributed by atoms with Crippen LogP contribution in [-0.4, -0.2) is 21.0 Å². The maximum Gasteiger partial charge on any atom is 0.0729 e. The third kappa shape index (κ3) is 2.98. The molecule has 3 heteroatoms. The zero-order chi connectivity index (χ0) is 15.0. The van der Waals surface area contributed by atoms with Crippen molar-refractivity contribution in [3.8, 4) is 0 Å². The first-order chi connectivity index (χ1) is 9.96. The molecule has 1 atom stereocenters. The van der Waals surface area contributed by atoms with E-state index in [1.165, 1.54) is 18.2 Å². The molecule has 1 aromatic heterocycles. The number of benzene rings is 1. The van der Waals surface area contributed by atoms with E-state index in [1.807, 2.05) is 23.9 Å². The Morgan fingerprint density at radius 2 is 1.95 bits per heavy atom. The zero-order valence-corrected chi connectivity index (χ0v) is 13.3. The third-order valence-electron chi connectivity index (χ3n) is 5.16. The van der Waals surface area contributed by atoms with Gasteiger partial charge in [-0.15, -0.1) is 0 Å². The Morgan fingerprint density at radius 1 is 1.29 bits per heavy atom. The molecule has 3 nitrogen and oxygen atoms in total. The van der Waals surface area contributed by atoms with Crippen molar-refractivity contribution in [1.82, 2.24) is 9.78 Å². The number of aliphatic hydroxyl groups excluding tert-OH is 1. The van der Waals surface area contributed by atoms with Crippen LogP contribution in [0, 0.1) is 11.3 Å². The molecule has 0 aliphatic heterocycles. The van der Waals surface area contributed by atoms with E-state index in [-0.39, 0.29) is 6.10 Å². The Labute approximate surface area is 127 Å². The molecule has 0 bridgehead atoms. The molecule has 114 valence electrons. The summed E-state index contributed by atoms with van der Waals surface area (Å²) in [6.45, 7) is 4.67. The van der Waals surface area contributed by atoms with Crippen molar-refractivity contribution in [3.63, 3.8) is 0 Å². The fourth-order valence-corrected chi connectivity index (χ4v) is 3.61. The minimum absolute atomic E-state index is 0.264. The lowest BCUT2D eigenvalue weighted by Crippen LogP contribution is -2.30. The maximum atomic E-state index is 10.6. The molecule has 1 fully saturated rings. The van der Waals surface area contributed by atoms with Crippen molar-refractivity contribution in [1.29, 1.82) is 0 Å². The molecule has 1 aliphatic rings. The SMILES string of the molecule is Cn1nc(CC(O)C2CCC(C)(C)CC2)c2ccccc21.